The lowest BCUT2D eigenvalue weighted by Gasteiger charge is -2.37. The van der Waals surface area contributed by atoms with E-state index >= 15 is 0 Å². The Morgan fingerprint density at radius 3 is 2.60 bits per heavy atom. The van der Waals surface area contributed by atoms with E-state index in [0.717, 1.165) is 31.2 Å². The second kappa shape index (κ2) is 9.49. The van der Waals surface area contributed by atoms with Crippen LogP contribution in [0.15, 0.2) is 34.7 Å². The summed E-state index contributed by atoms with van der Waals surface area (Å²) >= 11 is 0. The van der Waals surface area contributed by atoms with Crippen LogP contribution in [0, 0.1) is 0 Å². The average Bonchev–Trinajstić information content (AvgIpc) is 3.34. The van der Waals surface area contributed by atoms with Crippen LogP contribution in [0.3, 0.4) is 0 Å². The maximum absolute atomic E-state index is 13.1. The van der Waals surface area contributed by atoms with Crippen LogP contribution in [-0.2, 0) is 22.7 Å². The van der Waals surface area contributed by atoms with Gasteiger partial charge in [-0.1, -0.05) is 30.3 Å². The van der Waals surface area contributed by atoms with Gasteiger partial charge in [-0.15, -0.1) is 10.2 Å². The van der Waals surface area contributed by atoms with E-state index in [9.17, 15) is 9.59 Å². The Balaban J connectivity index is 1.24. The van der Waals surface area contributed by atoms with E-state index in [-0.39, 0.29) is 36.8 Å². The summed E-state index contributed by atoms with van der Waals surface area (Å²) in [6.07, 6.45) is 4.08. The number of aromatic nitrogens is 2. The van der Waals surface area contributed by atoms with Crippen molar-refractivity contribution in [1.82, 2.24) is 25.1 Å². The van der Waals surface area contributed by atoms with Crippen LogP contribution in [0.25, 0.3) is 0 Å². The van der Waals surface area contributed by atoms with Crippen molar-refractivity contribution >= 4 is 12.1 Å². The van der Waals surface area contributed by atoms with Crippen molar-refractivity contribution in [3.63, 3.8) is 0 Å². The summed E-state index contributed by atoms with van der Waals surface area (Å²) in [5.41, 5.74) is 0.429. The summed E-state index contributed by atoms with van der Waals surface area (Å²) in [7, 11) is 0. The Kier molecular flexibility index (Phi) is 6.39. The molecule has 10 heteroatoms. The predicted molar refractivity (Wildman–Crippen MR) is 125 cm³/mol. The molecule has 3 fully saturated rings. The van der Waals surface area contributed by atoms with Crippen molar-refractivity contribution < 1.29 is 23.6 Å². The summed E-state index contributed by atoms with van der Waals surface area (Å²) in [6.45, 7) is 6.65. The van der Waals surface area contributed by atoms with Crippen molar-refractivity contribution in [1.29, 1.82) is 0 Å². The van der Waals surface area contributed by atoms with Gasteiger partial charge in [-0.25, -0.2) is 9.59 Å². The average molecular weight is 484 g/mol. The highest BCUT2D eigenvalue weighted by Gasteiger charge is 2.48. The smallest absolute Gasteiger partial charge is 0.411 e. The summed E-state index contributed by atoms with van der Waals surface area (Å²) < 4.78 is 11.6. The number of hydroxylamine groups is 2. The number of piperidine rings is 1. The first-order chi connectivity index (χ1) is 16.8. The molecular formula is C25H33N5O5. The third-order valence-electron chi connectivity index (χ3n) is 6.75. The molecule has 3 aliphatic rings. The molecule has 3 amide bonds. The van der Waals surface area contributed by atoms with Gasteiger partial charge >= 0.3 is 12.1 Å². The molecule has 1 aromatic heterocycles. The molecule has 3 heterocycles. The first-order valence-electron chi connectivity index (χ1n) is 12.4. The molecule has 2 saturated heterocycles. The number of amides is 3. The number of carbonyl (C=O) groups excluding carboxylic acids is 2. The van der Waals surface area contributed by atoms with Gasteiger partial charge < -0.3 is 14.1 Å². The standard InChI is InChI=1S/C25H33N5O5/c1-25(2,3)35-24(32)28(18-10-7-11-18)15-21-26-27-22(34-21)20-13-12-19-14-29(20)23(31)30(19)33-16-17-8-5-4-6-9-17/h4-6,8-9,18-20H,7,10-16H2,1-3H3/t19-,20+/m1/s1. The topological polar surface area (TPSA) is 101 Å². The molecule has 1 aliphatic carbocycles. The van der Waals surface area contributed by atoms with Gasteiger partial charge in [-0.2, -0.15) is 5.06 Å². The minimum absolute atomic E-state index is 0.00568. The Morgan fingerprint density at radius 1 is 1.14 bits per heavy atom. The zero-order valence-electron chi connectivity index (χ0n) is 20.6. The number of hydrogen-bond donors (Lipinski definition) is 0. The van der Waals surface area contributed by atoms with Crippen molar-refractivity contribution in [3.05, 3.63) is 47.7 Å². The molecule has 188 valence electrons. The lowest BCUT2D eigenvalue weighted by molar-refractivity contribution is -0.140. The van der Waals surface area contributed by atoms with E-state index in [1.54, 1.807) is 9.80 Å². The van der Waals surface area contributed by atoms with Crippen molar-refractivity contribution in [2.45, 2.75) is 89.8 Å². The molecule has 5 rings (SSSR count). The number of carbonyl (C=O) groups is 2. The molecule has 2 aliphatic heterocycles. The van der Waals surface area contributed by atoms with Crippen LogP contribution in [0.4, 0.5) is 9.59 Å². The molecular weight excluding hydrogens is 450 g/mol. The molecule has 0 N–H and O–H groups in total. The molecule has 0 radical (unpaired) electrons. The van der Waals surface area contributed by atoms with Crippen molar-refractivity contribution in [2.24, 2.45) is 0 Å². The predicted octanol–water partition coefficient (Wildman–Crippen LogP) is 4.43. The number of hydrogen-bond acceptors (Lipinski definition) is 7. The molecule has 2 bridgehead atoms. The van der Waals surface area contributed by atoms with Crippen LogP contribution in [0.5, 0.6) is 0 Å². The normalized spacial score (nSPS) is 22.3. The van der Waals surface area contributed by atoms with Gasteiger partial charge in [-0.3, -0.25) is 9.74 Å². The van der Waals surface area contributed by atoms with Crippen LogP contribution in [0.2, 0.25) is 0 Å². The molecule has 2 aromatic rings. The van der Waals surface area contributed by atoms with Gasteiger partial charge in [0.1, 0.15) is 24.8 Å². The fourth-order valence-electron chi connectivity index (χ4n) is 4.75. The molecule has 2 atom stereocenters. The minimum Gasteiger partial charge on any atom is -0.444 e. The zero-order valence-corrected chi connectivity index (χ0v) is 20.6. The number of fused-ring (bicyclic) bond motifs is 2. The Hall–Kier alpha value is -3.14. The van der Waals surface area contributed by atoms with E-state index in [1.807, 2.05) is 51.1 Å². The van der Waals surface area contributed by atoms with Gasteiger partial charge in [0, 0.05) is 12.6 Å². The minimum atomic E-state index is -0.581. The molecule has 1 aromatic carbocycles. The van der Waals surface area contributed by atoms with Gasteiger partial charge in [-0.05, 0) is 58.4 Å². The Morgan fingerprint density at radius 2 is 1.91 bits per heavy atom. The van der Waals surface area contributed by atoms with Crippen LogP contribution in [0.1, 0.15) is 76.3 Å². The second-order valence-electron chi connectivity index (χ2n) is 10.5. The fraction of sp³-hybridized carbons (Fsp3) is 0.600. The summed E-state index contributed by atoms with van der Waals surface area (Å²) in [5, 5.41) is 9.95. The zero-order chi connectivity index (χ0) is 24.6. The van der Waals surface area contributed by atoms with Gasteiger partial charge in [0.2, 0.25) is 11.8 Å². The number of ether oxygens (including phenoxy) is 1. The first kappa shape index (κ1) is 23.6. The van der Waals surface area contributed by atoms with E-state index in [0.29, 0.717) is 31.4 Å². The highest BCUT2D eigenvalue weighted by atomic mass is 16.7. The second-order valence-corrected chi connectivity index (χ2v) is 10.5. The third kappa shape index (κ3) is 5.12. The van der Waals surface area contributed by atoms with Crippen molar-refractivity contribution in [3.8, 4) is 0 Å². The maximum atomic E-state index is 13.1. The van der Waals surface area contributed by atoms with E-state index in [2.05, 4.69) is 10.2 Å². The van der Waals surface area contributed by atoms with E-state index in [4.69, 9.17) is 14.0 Å². The van der Waals surface area contributed by atoms with E-state index in [1.165, 1.54) is 5.06 Å². The quantitative estimate of drug-likeness (QED) is 0.574. The van der Waals surface area contributed by atoms with Crippen LogP contribution < -0.4 is 0 Å². The van der Waals surface area contributed by atoms with Crippen LogP contribution >= 0.6 is 0 Å². The lowest BCUT2D eigenvalue weighted by Crippen LogP contribution is -2.46. The maximum Gasteiger partial charge on any atom is 0.411 e. The van der Waals surface area contributed by atoms with Crippen LogP contribution in [-0.4, -0.2) is 61.4 Å². The van der Waals surface area contributed by atoms with Gasteiger partial charge in [0.25, 0.3) is 0 Å². The molecule has 1 saturated carbocycles. The highest BCUT2D eigenvalue weighted by Crippen LogP contribution is 2.38. The molecule has 35 heavy (non-hydrogen) atoms. The number of urea groups is 1. The molecule has 0 unspecified atom stereocenters. The Bertz CT molecular complexity index is 1050. The van der Waals surface area contributed by atoms with E-state index < -0.39 is 5.60 Å². The molecule has 0 spiro atoms. The summed E-state index contributed by atoms with van der Waals surface area (Å²) in [4.78, 5) is 35.2. The molecule has 10 nitrogen and oxygen atoms in total. The fourth-order valence-corrected chi connectivity index (χ4v) is 4.75. The Labute approximate surface area is 205 Å². The lowest BCUT2D eigenvalue weighted by atomic mass is 9.92. The first-order valence-corrected chi connectivity index (χ1v) is 12.4. The van der Waals surface area contributed by atoms with Gasteiger partial charge in [0.05, 0.1) is 6.04 Å². The number of rotatable bonds is 7. The van der Waals surface area contributed by atoms with Gasteiger partial charge in [0.15, 0.2) is 0 Å². The largest absolute Gasteiger partial charge is 0.444 e. The third-order valence-corrected chi connectivity index (χ3v) is 6.75. The SMILES string of the molecule is CC(C)(C)OC(=O)N(Cc1nnc([C@@H]2CC[C@@H]3CN2C(=O)N3OCc2ccccc2)o1)C1CCC1. The number of nitrogens with zero attached hydrogens (tertiary/aromatic N) is 5. The summed E-state index contributed by atoms with van der Waals surface area (Å²) in [6, 6.07) is 9.43. The number of benzene rings is 1. The van der Waals surface area contributed by atoms with Crippen molar-refractivity contribution in [2.75, 3.05) is 6.54 Å². The highest BCUT2D eigenvalue weighted by molar-refractivity contribution is 5.77. The summed E-state index contributed by atoms with van der Waals surface area (Å²) in [5.74, 6) is 0.748. The monoisotopic (exact) mass is 483 g/mol.